The molecule has 13 heavy (non-hydrogen) atoms. The van der Waals surface area contributed by atoms with Crippen LogP contribution in [0.1, 0.15) is 30.3 Å². The standard InChI is InChI=1S/C10H17N3/c1-8-7-9(2)13(12-8)10-3-5-11-6-4-10/h7,10-11H,3-6H2,1-2H3. The van der Waals surface area contributed by atoms with Crippen LogP contribution >= 0.6 is 0 Å². The minimum absolute atomic E-state index is 0.620. The van der Waals surface area contributed by atoms with E-state index in [0.717, 1.165) is 18.8 Å². The molecule has 1 aromatic rings. The van der Waals surface area contributed by atoms with Gasteiger partial charge in [-0.1, -0.05) is 0 Å². The van der Waals surface area contributed by atoms with Crippen molar-refractivity contribution >= 4 is 0 Å². The van der Waals surface area contributed by atoms with Crippen LogP contribution in [0.25, 0.3) is 0 Å². The van der Waals surface area contributed by atoms with Crippen LogP contribution in [0.4, 0.5) is 0 Å². The quantitative estimate of drug-likeness (QED) is 0.706. The van der Waals surface area contributed by atoms with Crippen molar-refractivity contribution < 1.29 is 0 Å². The Hall–Kier alpha value is -0.830. The van der Waals surface area contributed by atoms with Crippen molar-refractivity contribution in [3.8, 4) is 0 Å². The third-order valence-electron chi connectivity index (χ3n) is 2.70. The molecule has 0 aromatic carbocycles. The lowest BCUT2D eigenvalue weighted by molar-refractivity contribution is 0.337. The molecule has 0 saturated carbocycles. The van der Waals surface area contributed by atoms with E-state index in [2.05, 4.69) is 35.0 Å². The summed E-state index contributed by atoms with van der Waals surface area (Å²) >= 11 is 0. The molecule has 1 fully saturated rings. The van der Waals surface area contributed by atoms with E-state index in [9.17, 15) is 0 Å². The van der Waals surface area contributed by atoms with Crippen LogP contribution in [0.3, 0.4) is 0 Å². The summed E-state index contributed by atoms with van der Waals surface area (Å²) in [7, 11) is 0. The van der Waals surface area contributed by atoms with Gasteiger partial charge in [-0.05, 0) is 45.8 Å². The van der Waals surface area contributed by atoms with Crippen molar-refractivity contribution in [3.63, 3.8) is 0 Å². The predicted molar refractivity (Wildman–Crippen MR) is 52.8 cm³/mol. The van der Waals surface area contributed by atoms with Gasteiger partial charge in [-0.25, -0.2) is 0 Å². The number of aryl methyl sites for hydroxylation is 2. The molecule has 3 nitrogen and oxygen atoms in total. The summed E-state index contributed by atoms with van der Waals surface area (Å²) in [4.78, 5) is 0. The maximum Gasteiger partial charge on any atom is 0.0596 e. The Morgan fingerprint density at radius 1 is 1.38 bits per heavy atom. The van der Waals surface area contributed by atoms with Gasteiger partial charge in [-0.15, -0.1) is 0 Å². The molecule has 3 heteroatoms. The Bertz CT molecular complexity index is 284. The van der Waals surface area contributed by atoms with Crippen LogP contribution in [0.5, 0.6) is 0 Å². The fourth-order valence-corrected chi connectivity index (χ4v) is 2.07. The number of piperidine rings is 1. The molecule has 72 valence electrons. The van der Waals surface area contributed by atoms with Crippen LogP contribution in [-0.4, -0.2) is 22.9 Å². The van der Waals surface area contributed by atoms with Crippen LogP contribution in [0.2, 0.25) is 0 Å². The summed E-state index contributed by atoms with van der Waals surface area (Å²) in [5.74, 6) is 0. The number of hydrogen-bond donors (Lipinski definition) is 1. The lowest BCUT2D eigenvalue weighted by Crippen LogP contribution is -2.30. The van der Waals surface area contributed by atoms with Crippen molar-refractivity contribution in [2.75, 3.05) is 13.1 Å². The molecule has 0 spiro atoms. The fourth-order valence-electron chi connectivity index (χ4n) is 2.07. The fraction of sp³-hybridized carbons (Fsp3) is 0.700. The van der Waals surface area contributed by atoms with Gasteiger partial charge >= 0.3 is 0 Å². The molecule has 1 aliphatic rings. The second-order valence-corrected chi connectivity index (χ2v) is 3.85. The average Bonchev–Trinajstić information content (AvgIpc) is 2.47. The van der Waals surface area contributed by atoms with Crippen molar-refractivity contribution in [2.45, 2.75) is 32.7 Å². The third-order valence-corrected chi connectivity index (χ3v) is 2.70. The smallest absolute Gasteiger partial charge is 0.0596 e. The first-order chi connectivity index (χ1) is 6.27. The molecule has 0 unspecified atom stereocenters. The van der Waals surface area contributed by atoms with Crippen molar-refractivity contribution in [1.82, 2.24) is 15.1 Å². The first kappa shape index (κ1) is 8.75. The summed E-state index contributed by atoms with van der Waals surface area (Å²) in [6, 6.07) is 2.78. The van der Waals surface area contributed by atoms with E-state index in [1.54, 1.807) is 0 Å². The normalized spacial score (nSPS) is 19.2. The Kier molecular flexibility index (Phi) is 2.36. The average molecular weight is 179 g/mol. The molecule has 0 amide bonds. The van der Waals surface area contributed by atoms with E-state index >= 15 is 0 Å². The molecule has 1 aliphatic heterocycles. The van der Waals surface area contributed by atoms with E-state index in [0.29, 0.717) is 6.04 Å². The van der Waals surface area contributed by atoms with E-state index in [4.69, 9.17) is 0 Å². The number of hydrogen-bond acceptors (Lipinski definition) is 2. The van der Waals surface area contributed by atoms with Gasteiger partial charge in [0.15, 0.2) is 0 Å². The van der Waals surface area contributed by atoms with E-state index in [1.807, 2.05) is 0 Å². The summed E-state index contributed by atoms with van der Waals surface area (Å²) in [5.41, 5.74) is 2.43. The van der Waals surface area contributed by atoms with Crippen molar-refractivity contribution in [3.05, 3.63) is 17.5 Å². The largest absolute Gasteiger partial charge is 0.317 e. The van der Waals surface area contributed by atoms with Gasteiger partial charge in [0.1, 0.15) is 0 Å². The highest BCUT2D eigenvalue weighted by Crippen LogP contribution is 2.19. The van der Waals surface area contributed by atoms with E-state index < -0.39 is 0 Å². The molecular formula is C10H17N3. The topological polar surface area (TPSA) is 29.9 Å². The van der Waals surface area contributed by atoms with Gasteiger partial charge < -0.3 is 5.32 Å². The molecule has 1 N–H and O–H groups in total. The summed E-state index contributed by atoms with van der Waals surface area (Å²) in [6.45, 7) is 6.46. The second kappa shape index (κ2) is 3.50. The molecule has 1 aromatic heterocycles. The van der Waals surface area contributed by atoms with Crippen LogP contribution in [0.15, 0.2) is 6.07 Å². The Morgan fingerprint density at radius 3 is 2.62 bits per heavy atom. The Morgan fingerprint density at radius 2 is 2.08 bits per heavy atom. The molecule has 2 rings (SSSR count). The lowest BCUT2D eigenvalue weighted by Gasteiger charge is -2.24. The van der Waals surface area contributed by atoms with Gasteiger partial charge in [0.2, 0.25) is 0 Å². The summed E-state index contributed by atoms with van der Waals surface area (Å²) < 4.78 is 2.19. The van der Waals surface area contributed by atoms with Crippen molar-refractivity contribution in [2.24, 2.45) is 0 Å². The van der Waals surface area contributed by atoms with Gasteiger partial charge in [0.25, 0.3) is 0 Å². The third kappa shape index (κ3) is 1.75. The van der Waals surface area contributed by atoms with Crippen LogP contribution in [-0.2, 0) is 0 Å². The van der Waals surface area contributed by atoms with E-state index in [1.165, 1.54) is 18.5 Å². The zero-order chi connectivity index (χ0) is 9.26. The summed E-state index contributed by atoms with van der Waals surface area (Å²) in [5, 5.41) is 7.89. The Labute approximate surface area is 79.1 Å². The zero-order valence-electron chi connectivity index (χ0n) is 8.38. The highest BCUT2D eigenvalue weighted by Gasteiger charge is 2.16. The Balaban J connectivity index is 2.18. The number of nitrogens with one attached hydrogen (secondary N) is 1. The highest BCUT2D eigenvalue weighted by atomic mass is 15.3. The molecule has 2 heterocycles. The summed E-state index contributed by atoms with van der Waals surface area (Å²) in [6.07, 6.45) is 2.42. The lowest BCUT2D eigenvalue weighted by atomic mass is 10.1. The van der Waals surface area contributed by atoms with Crippen LogP contribution < -0.4 is 5.32 Å². The van der Waals surface area contributed by atoms with Crippen LogP contribution in [0, 0.1) is 13.8 Å². The van der Waals surface area contributed by atoms with Gasteiger partial charge in [-0.3, -0.25) is 4.68 Å². The predicted octanol–water partition coefficient (Wildman–Crippen LogP) is 1.42. The second-order valence-electron chi connectivity index (χ2n) is 3.85. The maximum atomic E-state index is 4.52. The first-order valence-electron chi connectivity index (χ1n) is 5.01. The maximum absolute atomic E-state index is 4.52. The molecule has 1 saturated heterocycles. The molecule has 0 atom stereocenters. The van der Waals surface area contributed by atoms with Gasteiger partial charge in [0, 0.05) is 5.69 Å². The van der Waals surface area contributed by atoms with Gasteiger partial charge in [-0.2, -0.15) is 5.10 Å². The van der Waals surface area contributed by atoms with E-state index in [-0.39, 0.29) is 0 Å². The molecule has 0 aliphatic carbocycles. The zero-order valence-corrected chi connectivity index (χ0v) is 8.38. The van der Waals surface area contributed by atoms with Gasteiger partial charge in [0.05, 0.1) is 11.7 Å². The first-order valence-corrected chi connectivity index (χ1v) is 5.01. The highest BCUT2D eigenvalue weighted by molar-refractivity contribution is 5.07. The monoisotopic (exact) mass is 179 g/mol. The molecular weight excluding hydrogens is 162 g/mol. The SMILES string of the molecule is Cc1cc(C)n(C2CCNCC2)n1. The number of rotatable bonds is 1. The van der Waals surface area contributed by atoms with Crippen molar-refractivity contribution in [1.29, 1.82) is 0 Å². The molecule has 0 bridgehead atoms. The number of aromatic nitrogens is 2. The minimum Gasteiger partial charge on any atom is -0.317 e. The molecule has 0 radical (unpaired) electrons. The minimum atomic E-state index is 0.620. The number of nitrogens with zero attached hydrogens (tertiary/aromatic N) is 2.